The molecule has 0 radical (unpaired) electrons. The molecule has 2 aliphatic carbocycles. The summed E-state index contributed by atoms with van der Waals surface area (Å²) in [5.74, 6) is 3.53. The number of benzene rings is 3. The molecule has 3 aromatic carbocycles. The molecule has 2 fully saturated rings. The van der Waals surface area contributed by atoms with E-state index in [-0.39, 0.29) is 5.97 Å². The van der Waals surface area contributed by atoms with E-state index in [1.165, 1.54) is 113 Å². The van der Waals surface area contributed by atoms with Gasteiger partial charge >= 0.3 is 5.97 Å². The molecule has 0 unspecified atom stereocenters. The van der Waals surface area contributed by atoms with Crippen LogP contribution in [-0.2, 0) is 0 Å². The van der Waals surface area contributed by atoms with Gasteiger partial charge in [-0.3, -0.25) is 0 Å². The molecule has 0 heterocycles. The van der Waals surface area contributed by atoms with Crippen molar-refractivity contribution >= 4 is 5.97 Å². The maximum atomic E-state index is 12.9. The Morgan fingerprint density at radius 2 is 1.02 bits per heavy atom. The van der Waals surface area contributed by atoms with Crippen molar-refractivity contribution in [2.75, 3.05) is 0 Å². The zero-order chi connectivity index (χ0) is 29.1. The number of unbranched alkanes of at least 4 members (excludes halogenated alkanes) is 3. The van der Waals surface area contributed by atoms with Gasteiger partial charge in [-0.25, -0.2) is 4.79 Å². The van der Waals surface area contributed by atoms with Crippen molar-refractivity contribution in [2.45, 2.75) is 122 Å². The minimum Gasteiger partial charge on any atom is -0.423 e. The second-order valence-electron chi connectivity index (χ2n) is 13.2. The molecule has 0 saturated heterocycles. The monoisotopic (exact) mass is 564 g/mol. The minimum atomic E-state index is -0.300. The van der Waals surface area contributed by atoms with Crippen molar-refractivity contribution < 1.29 is 9.53 Å². The number of rotatable bonds is 12. The largest absolute Gasteiger partial charge is 0.423 e. The number of ether oxygens (including phenoxy) is 1. The van der Waals surface area contributed by atoms with Gasteiger partial charge in [0, 0.05) is 0 Å². The average molecular weight is 565 g/mol. The van der Waals surface area contributed by atoms with Crippen LogP contribution in [0.15, 0.2) is 72.8 Å². The maximum absolute atomic E-state index is 12.9. The summed E-state index contributed by atoms with van der Waals surface area (Å²) in [4.78, 5) is 12.9. The normalized spacial score (nSPS) is 22.5. The van der Waals surface area contributed by atoms with Crippen molar-refractivity contribution in [3.05, 3.63) is 89.5 Å². The lowest BCUT2D eigenvalue weighted by Gasteiger charge is -2.29. The van der Waals surface area contributed by atoms with Crippen molar-refractivity contribution in [2.24, 2.45) is 11.8 Å². The molecule has 2 saturated carbocycles. The minimum absolute atomic E-state index is 0.300. The Morgan fingerprint density at radius 1 is 0.571 bits per heavy atom. The highest BCUT2D eigenvalue weighted by molar-refractivity contribution is 5.91. The molecule has 0 bridgehead atoms. The van der Waals surface area contributed by atoms with E-state index in [9.17, 15) is 4.79 Å². The number of esters is 1. The lowest BCUT2D eigenvalue weighted by Crippen LogP contribution is -2.13. The van der Waals surface area contributed by atoms with Crippen LogP contribution in [0.5, 0.6) is 5.75 Å². The third-order valence-corrected chi connectivity index (χ3v) is 10.3. The van der Waals surface area contributed by atoms with Crippen LogP contribution in [0.2, 0.25) is 0 Å². The van der Waals surface area contributed by atoms with Gasteiger partial charge in [-0.1, -0.05) is 107 Å². The van der Waals surface area contributed by atoms with Gasteiger partial charge in [-0.05, 0) is 122 Å². The van der Waals surface area contributed by atoms with E-state index in [2.05, 4.69) is 50.2 Å². The van der Waals surface area contributed by atoms with Crippen LogP contribution >= 0.6 is 0 Å². The van der Waals surface area contributed by atoms with Gasteiger partial charge < -0.3 is 4.74 Å². The van der Waals surface area contributed by atoms with Gasteiger partial charge in [-0.2, -0.15) is 0 Å². The molecule has 2 nitrogen and oxygen atoms in total. The van der Waals surface area contributed by atoms with E-state index in [1.54, 1.807) is 0 Å². The zero-order valence-electron chi connectivity index (χ0n) is 26.2. The van der Waals surface area contributed by atoms with E-state index in [0.717, 1.165) is 17.4 Å². The van der Waals surface area contributed by atoms with E-state index in [0.29, 0.717) is 23.1 Å². The summed E-state index contributed by atoms with van der Waals surface area (Å²) < 4.78 is 5.73. The first-order valence-electron chi connectivity index (χ1n) is 17.2. The highest BCUT2D eigenvalue weighted by Crippen LogP contribution is 2.39. The Bertz CT molecular complexity index is 1210. The van der Waals surface area contributed by atoms with Crippen LogP contribution in [0.25, 0.3) is 11.1 Å². The lowest BCUT2D eigenvalue weighted by atomic mass is 9.77. The van der Waals surface area contributed by atoms with Gasteiger partial charge in [0.1, 0.15) is 5.75 Å². The fraction of sp³-hybridized carbons (Fsp3) is 0.525. The SMILES string of the molecule is CCCCC[C@H]1CC[C@H](c2ccc(-c3ccc(C(=O)Oc4ccc(C5CCC(CCCC)CC5)cc4)cc3)cc2)CC1. The highest BCUT2D eigenvalue weighted by Gasteiger charge is 2.23. The van der Waals surface area contributed by atoms with Crippen LogP contribution in [0.4, 0.5) is 0 Å². The number of hydrogen-bond donors (Lipinski definition) is 0. The van der Waals surface area contributed by atoms with Gasteiger partial charge in [0.05, 0.1) is 5.56 Å². The smallest absolute Gasteiger partial charge is 0.343 e. The van der Waals surface area contributed by atoms with Crippen LogP contribution in [0.1, 0.15) is 143 Å². The third-order valence-electron chi connectivity index (χ3n) is 10.3. The van der Waals surface area contributed by atoms with E-state index in [4.69, 9.17) is 4.74 Å². The maximum Gasteiger partial charge on any atom is 0.343 e. The predicted octanol–water partition coefficient (Wildman–Crippen LogP) is 11.9. The van der Waals surface area contributed by atoms with Crippen LogP contribution in [0.3, 0.4) is 0 Å². The van der Waals surface area contributed by atoms with Gasteiger partial charge in [0.2, 0.25) is 0 Å². The lowest BCUT2D eigenvalue weighted by molar-refractivity contribution is 0.0734. The van der Waals surface area contributed by atoms with Crippen LogP contribution < -0.4 is 4.74 Å². The molecular weight excluding hydrogens is 512 g/mol. The van der Waals surface area contributed by atoms with Crippen molar-refractivity contribution in [1.82, 2.24) is 0 Å². The van der Waals surface area contributed by atoms with Crippen molar-refractivity contribution in [1.29, 1.82) is 0 Å². The Morgan fingerprint density at radius 3 is 1.52 bits per heavy atom. The molecule has 3 aromatic rings. The molecule has 2 aliphatic rings. The second kappa shape index (κ2) is 15.6. The molecule has 5 rings (SSSR count). The third kappa shape index (κ3) is 8.36. The molecular formula is C40H52O2. The van der Waals surface area contributed by atoms with Crippen molar-refractivity contribution in [3.63, 3.8) is 0 Å². The fourth-order valence-corrected chi connectivity index (χ4v) is 7.47. The summed E-state index contributed by atoms with van der Waals surface area (Å²) in [5, 5.41) is 0. The second-order valence-corrected chi connectivity index (χ2v) is 13.2. The summed E-state index contributed by atoms with van der Waals surface area (Å²) in [6.07, 6.45) is 20.3. The number of carbonyl (C=O) groups excluding carboxylic acids is 1. The fourth-order valence-electron chi connectivity index (χ4n) is 7.47. The summed E-state index contributed by atoms with van der Waals surface area (Å²) in [6.45, 7) is 4.58. The van der Waals surface area contributed by atoms with E-state index in [1.807, 2.05) is 36.4 Å². The molecule has 0 amide bonds. The Balaban J connectivity index is 1.09. The first kappa shape index (κ1) is 30.6. The Hall–Kier alpha value is -2.87. The average Bonchev–Trinajstić information content (AvgIpc) is 3.05. The van der Waals surface area contributed by atoms with Crippen LogP contribution in [0, 0.1) is 11.8 Å². The first-order valence-corrected chi connectivity index (χ1v) is 17.2. The molecule has 224 valence electrons. The predicted molar refractivity (Wildman–Crippen MR) is 176 cm³/mol. The quantitative estimate of drug-likeness (QED) is 0.124. The van der Waals surface area contributed by atoms with E-state index < -0.39 is 0 Å². The van der Waals surface area contributed by atoms with Gasteiger partial charge in [-0.15, -0.1) is 0 Å². The van der Waals surface area contributed by atoms with E-state index >= 15 is 0 Å². The van der Waals surface area contributed by atoms with Gasteiger partial charge in [0.25, 0.3) is 0 Å². The Kier molecular flexibility index (Phi) is 11.3. The summed E-state index contributed by atoms with van der Waals surface area (Å²) in [5.41, 5.74) is 5.78. The number of hydrogen-bond acceptors (Lipinski definition) is 2. The molecule has 0 aliphatic heterocycles. The molecule has 0 N–H and O–H groups in total. The summed E-state index contributed by atoms with van der Waals surface area (Å²) in [7, 11) is 0. The summed E-state index contributed by atoms with van der Waals surface area (Å²) >= 11 is 0. The first-order chi connectivity index (χ1) is 20.6. The molecule has 0 aromatic heterocycles. The molecule has 0 atom stereocenters. The Labute approximate surface area is 255 Å². The summed E-state index contributed by atoms with van der Waals surface area (Å²) in [6, 6.07) is 25.2. The molecule has 2 heteroatoms. The zero-order valence-corrected chi connectivity index (χ0v) is 26.2. The van der Waals surface area contributed by atoms with Crippen LogP contribution in [-0.4, -0.2) is 5.97 Å². The highest BCUT2D eigenvalue weighted by atomic mass is 16.5. The van der Waals surface area contributed by atoms with Crippen molar-refractivity contribution in [3.8, 4) is 16.9 Å². The van der Waals surface area contributed by atoms with Gasteiger partial charge in [0.15, 0.2) is 0 Å². The standard InChI is InChI=1S/C40H52O2/c1-3-5-7-9-31-12-16-32(17-13-31)34-18-20-35(21-19-34)36-22-24-38(25-23-36)40(41)42-39-28-26-37(27-29-39)33-14-10-30(11-15-33)8-6-4-2/h18-33H,3-17H2,1-2H3/t30?,31-,32-,33?. The topological polar surface area (TPSA) is 26.3 Å². The number of carbonyl (C=O) groups is 1. The molecule has 42 heavy (non-hydrogen) atoms. The molecule has 0 spiro atoms.